The zero-order chi connectivity index (χ0) is 14.8. The van der Waals surface area contributed by atoms with Crippen molar-refractivity contribution < 1.29 is 22.3 Å². The van der Waals surface area contributed by atoms with Gasteiger partial charge in [-0.1, -0.05) is 6.07 Å². The number of benzene rings is 1. The Hall–Kier alpha value is -2.09. The number of anilines is 2. The predicted octanol–water partition coefficient (Wildman–Crippen LogP) is 3.91. The lowest BCUT2D eigenvalue weighted by molar-refractivity contribution is -0.274. The van der Waals surface area contributed by atoms with Gasteiger partial charge in [-0.25, -0.2) is 9.37 Å². The second-order valence-electron chi connectivity index (χ2n) is 3.54. The average molecular weight is 308 g/mol. The van der Waals surface area contributed by atoms with Crippen molar-refractivity contribution in [3.05, 3.63) is 41.6 Å². The first-order chi connectivity index (χ1) is 9.33. The van der Waals surface area contributed by atoms with E-state index in [0.717, 1.165) is 18.3 Å². The summed E-state index contributed by atoms with van der Waals surface area (Å²) < 4.78 is 53.3. The van der Waals surface area contributed by atoms with E-state index < -0.39 is 17.9 Å². The van der Waals surface area contributed by atoms with Crippen LogP contribution in [0.25, 0.3) is 0 Å². The molecule has 0 spiro atoms. The lowest BCUT2D eigenvalue weighted by atomic mass is 10.3. The highest BCUT2D eigenvalue weighted by Gasteiger charge is 2.31. The lowest BCUT2D eigenvalue weighted by Gasteiger charge is -2.11. The number of hydrogen-bond acceptors (Lipinski definition) is 4. The molecule has 20 heavy (non-hydrogen) atoms. The zero-order valence-electron chi connectivity index (χ0n) is 9.58. The van der Waals surface area contributed by atoms with Gasteiger partial charge in [-0.15, -0.1) is 13.2 Å². The summed E-state index contributed by atoms with van der Waals surface area (Å²) >= 11 is 5.50. The van der Waals surface area contributed by atoms with Crippen molar-refractivity contribution in [2.24, 2.45) is 0 Å². The standard InChI is InChI=1S/C11H6ClF4N3O/c12-10-17-5-8(13)9(19-10)18-6-2-1-3-7(4-6)20-11(14,15)16/h1-5H,(H,17,18,19). The minimum atomic E-state index is -4.80. The van der Waals surface area contributed by atoms with Gasteiger partial charge >= 0.3 is 6.36 Å². The molecule has 2 rings (SSSR count). The molecule has 0 aliphatic heterocycles. The Morgan fingerprint density at radius 1 is 1.25 bits per heavy atom. The molecule has 9 heteroatoms. The molecule has 0 aliphatic carbocycles. The minimum absolute atomic E-state index is 0.153. The molecule has 1 heterocycles. The highest BCUT2D eigenvalue weighted by Crippen LogP contribution is 2.26. The quantitative estimate of drug-likeness (QED) is 0.690. The van der Waals surface area contributed by atoms with Crippen LogP contribution in [-0.4, -0.2) is 16.3 Å². The molecule has 1 aromatic heterocycles. The maximum absolute atomic E-state index is 13.4. The third-order valence-corrected chi connectivity index (χ3v) is 2.23. The minimum Gasteiger partial charge on any atom is -0.406 e. The van der Waals surface area contributed by atoms with Gasteiger partial charge in [0.2, 0.25) is 5.28 Å². The number of halogens is 5. The summed E-state index contributed by atoms with van der Waals surface area (Å²) in [6, 6.07) is 4.88. The van der Waals surface area contributed by atoms with Crippen molar-refractivity contribution in [3.63, 3.8) is 0 Å². The van der Waals surface area contributed by atoms with Crippen LogP contribution in [0.1, 0.15) is 0 Å². The van der Waals surface area contributed by atoms with Gasteiger partial charge < -0.3 is 10.1 Å². The van der Waals surface area contributed by atoms with Crippen LogP contribution >= 0.6 is 11.6 Å². The SMILES string of the molecule is Fc1cnc(Cl)nc1Nc1cccc(OC(F)(F)F)c1. The number of ether oxygens (including phenoxy) is 1. The maximum Gasteiger partial charge on any atom is 0.573 e. The summed E-state index contributed by atoms with van der Waals surface area (Å²) in [5.74, 6) is -1.49. The van der Waals surface area contributed by atoms with Gasteiger partial charge in [0, 0.05) is 11.8 Å². The van der Waals surface area contributed by atoms with E-state index >= 15 is 0 Å². The van der Waals surface area contributed by atoms with Crippen LogP contribution < -0.4 is 10.1 Å². The highest BCUT2D eigenvalue weighted by molar-refractivity contribution is 6.28. The first-order valence-electron chi connectivity index (χ1n) is 5.14. The molecule has 0 aliphatic rings. The fourth-order valence-electron chi connectivity index (χ4n) is 1.34. The van der Waals surface area contributed by atoms with Crippen LogP contribution in [0.2, 0.25) is 5.28 Å². The number of hydrogen-bond donors (Lipinski definition) is 1. The highest BCUT2D eigenvalue weighted by atomic mass is 35.5. The molecule has 2 aromatic rings. The fraction of sp³-hybridized carbons (Fsp3) is 0.0909. The van der Waals surface area contributed by atoms with Gasteiger partial charge in [0.25, 0.3) is 0 Å². The molecule has 0 bridgehead atoms. The van der Waals surface area contributed by atoms with Gasteiger partial charge in [-0.3, -0.25) is 0 Å². The third-order valence-electron chi connectivity index (χ3n) is 2.05. The Kier molecular flexibility index (Phi) is 3.93. The third kappa shape index (κ3) is 3.95. The average Bonchev–Trinajstić information content (AvgIpc) is 2.32. The topological polar surface area (TPSA) is 47.0 Å². The summed E-state index contributed by atoms with van der Waals surface area (Å²) in [6.45, 7) is 0. The van der Waals surface area contributed by atoms with Crippen molar-refractivity contribution in [2.75, 3.05) is 5.32 Å². The summed E-state index contributed by atoms with van der Waals surface area (Å²) in [5.41, 5.74) is 0.153. The Morgan fingerprint density at radius 2 is 2.00 bits per heavy atom. The molecule has 4 nitrogen and oxygen atoms in total. The van der Waals surface area contributed by atoms with E-state index in [0.29, 0.717) is 0 Å². The first kappa shape index (κ1) is 14.3. The fourth-order valence-corrected chi connectivity index (χ4v) is 1.47. The van der Waals surface area contributed by atoms with E-state index in [1.165, 1.54) is 12.1 Å². The number of aromatic nitrogens is 2. The summed E-state index contributed by atoms with van der Waals surface area (Å²) in [4.78, 5) is 6.99. The monoisotopic (exact) mass is 307 g/mol. The predicted molar refractivity (Wildman–Crippen MR) is 63.4 cm³/mol. The Labute approximate surface area is 115 Å². The molecular formula is C11H6ClF4N3O. The number of nitrogens with zero attached hydrogens (tertiary/aromatic N) is 2. The van der Waals surface area contributed by atoms with Gasteiger partial charge in [-0.2, -0.15) is 4.98 Å². The van der Waals surface area contributed by atoms with Gasteiger partial charge in [0.15, 0.2) is 11.6 Å². The Morgan fingerprint density at radius 3 is 2.70 bits per heavy atom. The van der Waals surface area contributed by atoms with E-state index in [-0.39, 0.29) is 16.8 Å². The first-order valence-corrected chi connectivity index (χ1v) is 5.52. The molecule has 0 saturated carbocycles. The largest absolute Gasteiger partial charge is 0.573 e. The van der Waals surface area contributed by atoms with Crippen molar-refractivity contribution in [2.45, 2.75) is 6.36 Å². The molecule has 1 aromatic carbocycles. The molecule has 0 fully saturated rings. The molecule has 0 radical (unpaired) electrons. The summed E-state index contributed by atoms with van der Waals surface area (Å²) in [6.07, 6.45) is -3.96. The Bertz CT molecular complexity index is 621. The van der Waals surface area contributed by atoms with E-state index in [1.807, 2.05) is 0 Å². The molecule has 1 N–H and O–H groups in total. The van der Waals surface area contributed by atoms with Crippen molar-refractivity contribution in [1.29, 1.82) is 0 Å². The van der Waals surface area contributed by atoms with Crippen LogP contribution in [0, 0.1) is 5.82 Å². The molecular weight excluding hydrogens is 302 g/mol. The lowest BCUT2D eigenvalue weighted by Crippen LogP contribution is -2.17. The van der Waals surface area contributed by atoms with Crippen LogP contribution in [0.4, 0.5) is 29.1 Å². The second-order valence-corrected chi connectivity index (χ2v) is 3.87. The van der Waals surface area contributed by atoms with Crippen molar-refractivity contribution >= 4 is 23.1 Å². The second kappa shape index (κ2) is 5.49. The van der Waals surface area contributed by atoms with E-state index in [2.05, 4.69) is 20.0 Å². The molecule has 0 amide bonds. The maximum atomic E-state index is 13.4. The Balaban J connectivity index is 2.21. The zero-order valence-corrected chi connectivity index (χ0v) is 10.3. The van der Waals surface area contributed by atoms with E-state index in [9.17, 15) is 17.6 Å². The summed E-state index contributed by atoms with van der Waals surface area (Å²) in [5, 5.41) is 2.28. The van der Waals surface area contributed by atoms with Crippen LogP contribution in [0.5, 0.6) is 5.75 Å². The van der Waals surface area contributed by atoms with Crippen molar-refractivity contribution in [1.82, 2.24) is 9.97 Å². The van der Waals surface area contributed by atoms with E-state index in [4.69, 9.17) is 11.6 Å². The van der Waals surface area contributed by atoms with Crippen LogP contribution in [0.3, 0.4) is 0 Å². The van der Waals surface area contributed by atoms with Crippen LogP contribution in [0.15, 0.2) is 30.5 Å². The van der Waals surface area contributed by atoms with Crippen molar-refractivity contribution in [3.8, 4) is 5.75 Å². The van der Waals surface area contributed by atoms with E-state index in [1.54, 1.807) is 0 Å². The molecule has 0 saturated heterocycles. The van der Waals surface area contributed by atoms with Crippen LogP contribution in [-0.2, 0) is 0 Å². The van der Waals surface area contributed by atoms with Gasteiger partial charge in [0.1, 0.15) is 5.75 Å². The van der Waals surface area contributed by atoms with Gasteiger partial charge in [-0.05, 0) is 23.7 Å². The molecule has 106 valence electrons. The summed E-state index contributed by atoms with van der Waals surface area (Å²) in [7, 11) is 0. The normalized spacial score (nSPS) is 11.2. The smallest absolute Gasteiger partial charge is 0.406 e. The molecule has 0 unspecified atom stereocenters. The number of rotatable bonds is 3. The molecule has 0 atom stereocenters. The number of nitrogens with one attached hydrogen (secondary N) is 1. The van der Waals surface area contributed by atoms with Gasteiger partial charge in [0.05, 0.1) is 6.20 Å². The number of alkyl halides is 3.